The summed E-state index contributed by atoms with van der Waals surface area (Å²) < 4.78 is 7.83. The van der Waals surface area contributed by atoms with Crippen LogP contribution in [0.5, 0.6) is 0 Å². The Bertz CT molecular complexity index is 3940. The maximum absolute atomic E-state index is 6.61. The highest BCUT2D eigenvalue weighted by Crippen LogP contribution is 2.48. The summed E-state index contributed by atoms with van der Waals surface area (Å²) in [4.78, 5) is 10.7. The van der Waals surface area contributed by atoms with Gasteiger partial charge in [-0.15, -0.1) is 11.3 Å². The van der Waals surface area contributed by atoms with Gasteiger partial charge in [-0.25, -0.2) is 0 Å². The number of pyridine rings is 1. The molecular weight excluding hydrogens is 847 g/mol. The Hall–Kier alpha value is -8.77. The summed E-state index contributed by atoms with van der Waals surface area (Å²) >= 11 is 1.83. The molecule has 3 aromatic heterocycles. The molecule has 0 amide bonds. The predicted molar refractivity (Wildman–Crippen MR) is 288 cm³/mol. The van der Waals surface area contributed by atoms with E-state index in [4.69, 9.17) is 9.40 Å². The lowest BCUT2D eigenvalue weighted by Crippen LogP contribution is -2.14. The average Bonchev–Trinajstić information content (AvgIpc) is 4.02. The van der Waals surface area contributed by atoms with Crippen molar-refractivity contribution in [3.8, 4) is 32.8 Å². The van der Waals surface area contributed by atoms with Crippen molar-refractivity contribution in [2.75, 3.05) is 9.80 Å². The first kappa shape index (κ1) is 39.6. The molecule has 13 rings (SSSR count). The van der Waals surface area contributed by atoms with E-state index in [9.17, 15) is 0 Å². The third-order valence-electron chi connectivity index (χ3n) is 13.0. The zero-order chi connectivity index (χ0) is 45.0. The molecule has 5 heteroatoms. The number of furan rings is 1. The van der Waals surface area contributed by atoms with Crippen molar-refractivity contribution in [1.82, 2.24) is 4.98 Å². The van der Waals surface area contributed by atoms with E-state index < -0.39 is 0 Å². The van der Waals surface area contributed by atoms with Crippen molar-refractivity contribution in [2.45, 2.75) is 0 Å². The molecule has 68 heavy (non-hydrogen) atoms. The average molecular weight is 888 g/mol. The Balaban J connectivity index is 1.02. The van der Waals surface area contributed by atoms with E-state index in [1.807, 2.05) is 23.6 Å². The largest absolute Gasteiger partial charge is 0.455 e. The van der Waals surface area contributed by atoms with Crippen LogP contribution in [0.1, 0.15) is 0 Å². The second-order valence-electron chi connectivity index (χ2n) is 17.1. The van der Waals surface area contributed by atoms with Crippen LogP contribution < -0.4 is 9.80 Å². The van der Waals surface area contributed by atoms with E-state index >= 15 is 0 Å². The fourth-order valence-electron chi connectivity index (χ4n) is 9.97. The molecule has 0 atom stereocenters. The second kappa shape index (κ2) is 16.6. The van der Waals surface area contributed by atoms with E-state index in [0.717, 1.165) is 100 Å². The van der Waals surface area contributed by atoms with Gasteiger partial charge in [-0.05, 0) is 136 Å². The van der Waals surface area contributed by atoms with Gasteiger partial charge < -0.3 is 14.2 Å². The third kappa shape index (κ3) is 6.88. The first-order valence-electron chi connectivity index (χ1n) is 22.9. The Kier molecular flexibility index (Phi) is 9.66. The molecule has 4 nitrogen and oxygen atoms in total. The summed E-state index contributed by atoms with van der Waals surface area (Å²) in [7, 11) is 0. The van der Waals surface area contributed by atoms with Crippen LogP contribution in [0, 0.1) is 0 Å². The molecule has 0 fully saturated rings. The third-order valence-corrected chi connectivity index (χ3v) is 14.2. The smallest absolute Gasteiger partial charge is 0.143 e. The molecule has 0 N–H and O–H groups in total. The Morgan fingerprint density at radius 2 is 1.04 bits per heavy atom. The normalized spacial score (nSPS) is 11.5. The number of fused-ring (bicyclic) bond motifs is 7. The molecule has 0 aliphatic carbocycles. The van der Waals surface area contributed by atoms with Gasteiger partial charge in [-0.2, -0.15) is 0 Å². The molecule has 0 aliphatic heterocycles. The highest BCUT2D eigenvalue weighted by atomic mass is 32.1. The molecule has 0 unspecified atom stereocenters. The van der Waals surface area contributed by atoms with Crippen molar-refractivity contribution < 1.29 is 4.42 Å². The number of benzene rings is 10. The molecule has 13 aromatic rings. The quantitative estimate of drug-likeness (QED) is 0.145. The molecule has 0 radical (unpaired) electrons. The topological polar surface area (TPSA) is 32.5 Å². The van der Waals surface area contributed by atoms with Gasteiger partial charge in [0.05, 0.1) is 11.4 Å². The number of thiophene rings is 1. The van der Waals surface area contributed by atoms with Crippen LogP contribution >= 0.6 is 11.3 Å². The van der Waals surface area contributed by atoms with Gasteiger partial charge >= 0.3 is 0 Å². The first-order chi connectivity index (χ1) is 33.7. The minimum atomic E-state index is 0.896. The van der Waals surface area contributed by atoms with Crippen molar-refractivity contribution in [2.24, 2.45) is 0 Å². The maximum Gasteiger partial charge on any atom is 0.143 e. The molecule has 0 bridgehead atoms. The highest BCUT2D eigenvalue weighted by molar-refractivity contribution is 7.22. The van der Waals surface area contributed by atoms with Crippen LogP contribution in [0.25, 0.3) is 86.4 Å². The van der Waals surface area contributed by atoms with Gasteiger partial charge in [-0.1, -0.05) is 140 Å². The summed E-state index contributed by atoms with van der Waals surface area (Å²) in [6.07, 6.45) is 1.87. The summed E-state index contributed by atoms with van der Waals surface area (Å²) in [6.45, 7) is 0. The van der Waals surface area contributed by atoms with Crippen molar-refractivity contribution >= 4 is 99.0 Å². The first-order valence-corrected chi connectivity index (χ1v) is 23.7. The van der Waals surface area contributed by atoms with Gasteiger partial charge in [0.1, 0.15) is 11.2 Å². The fraction of sp³-hybridized carbons (Fsp3) is 0. The van der Waals surface area contributed by atoms with E-state index in [2.05, 4.69) is 246 Å². The van der Waals surface area contributed by atoms with Gasteiger partial charge in [0.2, 0.25) is 0 Å². The van der Waals surface area contributed by atoms with Crippen molar-refractivity contribution in [1.29, 1.82) is 0 Å². The number of para-hydroxylation sites is 3. The Morgan fingerprint density at radius 3 is 1.78 bits per heavy atom. The van der Waals surface area contributed by atoms with Crippen LogP contribution in [0.4, 0.5) is 34.1 Å². The summed E-state index contributed by atoms with van der Waals surface area (Å²) in [5.74, 6) is 0. The lowest BCUT2D eigenvalue weighted by atomic mass is 9.97. The van der Waals surface area contributed by atoms with Crippen molar-refractivity contribution in [3.05, 3.63) is 249 Å². The van der Waals surface area contributed by atoms with E-state index in [0.29, 0.717) is 0 Å². The van der Waals surface area contributed by atoms with E-state index in [1.165, 1.54) is 20.3 Å². The minimum Gasteiger partial charge on any atom is -0.455 e. The zero-order valence-electron chi connectivity index (χ0n) is 36.8. The highest BCUT2D eigenvalue weighted by Gasteiger charge is 2.23. The number of nitrogens with zero attached hydrogens (tertiary/aromatic N) is 3. The Morgan fingerprint density at radius 1 is 0.382 bits per heavy atom. The summed E-state index contributed by atoms with van der Waals surface area (Å²) in [5.41, 5.74) is 13.7. The molecule has 0 spiro atoms. The predicted octanol–water partition coefficient (Wildman–Crippen LogP) is 18.4. The van der Waals surface area contributed by atoms with Gasteiger partial charge in [0.15, 0.2) is 0 Å². The molecular formula is C63H41N3OS. The monoisotopic (exact) mass is 887 g/mol. The number of anilines is 6. The Labute approximate surface area is 397 Å². The summed E-state index contributed by atoms with van der Waals surface area (Å²) in [6, 6.07) is 87.0. The maximum atomic E-state index is 6.61. The standard InChI is InChI=1S/C63H41N3OS/c1-4-18-46(19-5-1)65(47-20-6-2-7-21-47)49-38-45(39-50(41-49)66(48-22-8-3-9-23-48)58-34-33-54(57-28-14-15-36-64-57)53-25-12-13-26-55(53)58)61-40-44-37-43(31-35-60(44)68-61)51-27-16-29-59-62(51)56-32-30-42-17-10-11-24-52(42)63(56)67-59/h1-41H. The number of hydrogen-bond acceptors (Lipinski definition) is 5. The molecule has 0 saturated carbocycles. The lowest BCUT2D eigenvalue weighted by Gasteiger charge is -2.31. The van der Waals surface area contributed by atoms with Crippen LogP contribution in [0.2, 0.25) is 0 Å². The number of aromatic nitrogens is 1. The molecule has 3 heterocycles. The lowest BCUT2D eigenvalue weighted by molar-refractivity contribution is 0.673. The van der Waals surface area contributed by atoms with E-state index in [1.54, 1.807) is 0 Å². The van der Waals surface area contributed by atoms with Crippen molar-refractivity contribution in [3.63, 3.8) is 0 Å². The summed E-state index contributed by atoms with van der Waals surface area (Å²) in [5, 5.41) is 8.06. The van der Waals surface area contributed by atoms with Crippen LogP contribution in [-0.2, 0) is 0 Å². The molecule has 320 valence electrons. The SMILES string of the molecule is c1ccc(N(c2ccccc2)c2cc(-c3cc4cc(-c5cccc6oc7c8ccccc8ccc7c56)ccc4s3)cc(N(c3ccccc3)c3ccc(-c4ccccn4)c4ccccc34)c2)cc1. The van der Waals surface area contributed by atoms with Gasteiger partial charge in [-0.3, -0.25) is 4.98 Å². The van der Waals surface area contributed by atoms with Crippen LogP contribution in [0.3, 0.4) is 0 Å². The van der Waals surface area contributed by atoms with Gasteiger partial charge in [0.25, 0.3) is 0 Å². The zero-order valence-corrected chi connectivity index (χ0v) is 37.6. The van der Waals surface area contributed by atoms with Crippen LogP contribution in [-0.4, -0.2) is 4.98 Å². The van der Waals surface area contributed by atoms with Gasteiger partial charge in [0, 0.05) is 71.3 Å². The number of hydrogen-bond donors (Lipinski definition) is 0. The fourth-order valence-corrected chi connectivity index (χ4v) is 11.0. The molecule has 0 saturated heterocycles. The number of rotatable bonds is 9. The van der Waals surface area contributed by atoms with Crippen LogP contribution in [0.15, 0.2) is 253 Å². The molecule has 0 aliphatic rings. The van der Waals surface area contributed by atoms with E-state index in [-0.39, 0.29) is 0 Å². The minimum absolute atomic E-state index is 0.896. The second-order valence-corrected chi connectivity index (χ2v) is 18.2. The molecule has 10 aromatic carbocycles.